The van der Waals surface area contributed by atoms with Gasteiger partial charge in [0.05, 0.1) is 7.11 Å². The third kappa shape index (κ3) is 5.58. The normalized spacial score (nSPS) is 17.2. The highest BCUT2D eigenvalue weighted by Crippen LogP contribution is 2.29. The number of pyridine rings is 1. The van der Waals surface area contributed by atoms with Crippen LogP contribution in [0.25, 0.3) is 0 Å². The van der Waals surface area contributed by atoms with Crippen molar-refractivity contribution in [2.24, 2.45) is 0 Å². The molecule has 146 valence electrons. The first-order valence-corrected chi connectivity index (χ1v) is 9.92. The van der Waals surface area contributed by atoms with Crippen molar-refractivity contribution < 1.29 is 9.47 Å². The van der Waals surface area contributed by atoms with Crippen LogP contribution in [0.4, 0.5) is 0 Å². The van der Waals surface area contributed by atoms with Crippen molar-refractivity contribution in [1.29, 1.82) is 0 Å². The van der Waals surface area contributed by atoms with Crippen LogP contribution in [0.3, 0.4) is 0 Å². The van der Waals surface area contributed by atoms with Crippen LogP contribution in [0.5, 0.6) is 11.5 Å². The lowest BCUT2D eigenvalue weighted by Gasteiger charge is -2.23. The van der Waals surface area contributed by atoms with E-state index in [0.29, 0.717) is 17.8 Å². The predicted octanol–water partition coefficient (Wildman–Crippen LogP) is 3.90. The van der Waals surface area contributed by atoms with Crippen LogP contribution in [-0.2, 0) is 13.2 Å². The number of rotatable bonds is 9. The van der Waals surface area contributed by atoms with E-state index in [1.807, 2.05) is 18.2 Å². The average molecular weight is 390 g/mol. The lowest BCUT2D eigenvalue weighted by molar-refractivity contribution is 0.260. The predicted molar refractivity (Wildman–Crippen MR) is 109 cm³/mol. The maximum atomic E-state index is 5.89. The van der Waals surface area contributed by atoms with E-state index in [9.17, 15) is 0 Å². The van der Waals surface area contributed by atoms with Gasteiger partial charge < -0.3 is 14.8 Å². The number of nitrogens with one attached hydrogen (secondary N) is 1. The molecule has 1 aliphatic heterocycles. The summed E-state index contributed by atoms with van der Waals surface area (Å²) in [5.74, 6) is 1.47. The number of likely N-dealkylation sites (tertiary alicyclic amines) is 1. The number of halogens is 1. The first-order valence-electron chi connectivity index (χ1n) is 9.54. The molecular formula is C21H28ClN3O2. The summed E-state index contributed by atoms with van der Waals surface area (Å²) in [7, 11) is 1.67. The second-order valence-corrected chi connectivity index (χ2v) is 7.21. The Labute approximate surface area is 166 Å². The van der Waals surface area contributed by atoms with Gasteiger partial charge >= 0.3 is 0 Å². The second kappa shape index (κ2) is 9.93. The topological polar surface area (TPSA) is 46.6 Å². The molecule has 1 N–H and O–H groups in total. The van der Waals surface area contributed by atoms with Gasteiger partial charge in [-0.25, -0.2) is 4.98 Å². The molecule has 1 saturated heterocycles. The smallest absolute Gasteiger partial charge is 0.161 e. The molecule has 1 atom stereocenters. The molecule has 27 heavy (non-hydrogen) atoms. The molecule has 0 bridgehead atoms. The van der Waals surface area contributed by atoms with Crippen molar-refractivity contribution in [3.8, 4) is 11.5 Å². The van der Waals surface area contributed by atoms with Crippen LogP contribution >= 0.6 is 11.6 Å². The molecule has 1 fully saturated rings. The molecule has 0 aliphatic carbocycles. The fourth-order valence-corrected chi connectivity index (χ4v) is 3.63. The van der Waals surface area contributed by atoms with Crippen molar-refractivity contribution in [1.82, 2.24) is 15.2 Å². The van der Waals surface area contributed by atoms with E-state index in [1.165, 1.54) is 24.9 Å². The van der Waals surface area contributed by atoms with Crippen LogP contribution in [0, 0.1) is 0 Å². The van der Waals surface area contributed by atoms with E-state index in [2.05, 4.69) is 28.2 Å². The van der Waals surface area contributed by atoms with E-state index >= 15 is 0 Å². The molecule has 0 spiro atoms. The Morgan fingerprint density at radius 3 is 2.81 bits per heavy atom. The highest BCUT2D eigenvalue weighted by molar-refractivity contribution is 6.29. The van der Waals surface area contributed by atoms with Gasteiger partial charge in [-0.2, -0.15) is 0 Å². The lowest BCUT2D eigenvalue weighted by atomic mass is 10.1. The van der Waals surface area contributed by atoms with Crippen LogP contribution in [0.2, 0.25) is 5.15 Å². The van der Waals surface area contributed by atoms with Crippen molar-refractivity contribution >= 4 is 11.6 Å². The van der Waals surface area contributed by atoms with E-state index in [0.717, 1.165) is 36.7 Å². The molecule has 1 aromatic heterocycles. The van der Waals surface area contributed by atoms with Crippen LogP contribution in [0.15, 0.2) is 36.5 Å². The number of likely N-dealkylation sites (N-methyl/N-ethyl adjacent to an activating group) is 1. The molecule has 2 heterocycles. The number of benzene rings is 1. The minimum absolute atomic E-state index is 0.423. The molecule has 0 amide bonds. The summed E-state index contributed by atoms with van der Waals surface area (Å²) in [5.41, 5.74) is 2.15. The molecular weight excluding hydrogens is 362 g/mol. The van der Waals surface area contributed by atoms with Gasteiger partial charge in [-0.3, -0.25) is 4.90 Å². The molecule has 2 aromatic rings. The van der Waals surface area contributed by atoms with Gasteiger partial charge in [0.1, 0.15) is 11.8 Å². The van der Waals surface area contributed by atoms with Crippen molar-refractivity contribution in [3.63, 3.8) is 0 Å². The van der Waals surface area contributed by atoms with Gasteiger partial charge in [-0.05, 0) is 49.7 Å². The Hall–Kier alpha value is -1.82. The van der Waals surface area contributed by atoms with Crippen molar-refractivity contribution in [2.45, 2.75) is 39.0 Å². The van der Waals surface area contributed by atoms with Gasteiger partial charge in [-0.1, -0.05) is 30.7 Å². The highest BCUT2D eigenvalue weighted by atomic mass is 35.5. The maximum absolute atomic E-state index is 5.89. The minimum Gasteiger partial charge on any atom is -0.493 e. The third-order valence-electron chi connectivity index (χ3n) is 5.03. The van der Waals surface area contributed by atoms with E-state index < -0.39 is 0 Å². The molecule has 0 saturated carbocycles. The quantitative estimate of drug-likeness (QED) is 0.659. The summed E-state index contributed by atoms with van der Waals surface area (Å²) in [5, 5.41) is 4.06. The van der Waals surface area contributed by atoms with Crippen LogP contribution in [0.1, 0.15) is 30.9 Å². The molecule has 5 nitrogen and oxygen atoms in total. The van der Waals surface area contributed by atoms with E-state index in [1.54, 1.807) is 19.4 Å². The first kappa shape index (κ1) is 19.9. The van der Waals surface area contributed by atoms with Crippen molar-refractivity contribution in [2.75, 3.05) is 26.7 Å². The minimum atomic E-state index is 0.423. The summed E-state index contributed by atoms with van der Waals surface area (Å²) < 4.78 is 11.4. The Morgan fingerprint density at radius 2 is 2.07 bits per heavy atom. The van der Waals surface area contributed by atoms with Crippen LogP contribution in [-0.4, -0.2) is 42.7 Å². The average Bonchev–Trinajstić information content (AvgIpc) is 3.15. The molecule has 0 radical (unpaired) electrons. The fraction of sp³-hybridized carbons (Fsp3) is 0.476. The molecule has 3 rings (SSSR count). The Kier molecular flexibility index (Phi) is 7.33. The lowest BCUT2D eigenvalue weighted by Crippen LogP contribution is -2.37. The van der Waals surface area contributed by atoms with E-state index in [-0.39, 0.29) is 0 Å². The second-order valence-electron chi connectivity index (χ2n) is 6.82. The summed E-state index contributed by atoms with van der Waals surface area (Å²) in [6, 6.07) is 10.4. The zero-order valence-electron chi connectivity index (χ0n) is 16.1. The molecule has 0 unspecified atom stereocenters. The van der Waals surface area contributed by atoms with Gasteiger partial charge in [0.15, 0.2) is 11.5 Å². The Balaban J connectivity index is 1.53. The molecule has 1 aromatic carbocycles. The zero-order chi connectivity index (χ0) is 19.1. The number of hydrogen-bond acceptors (Lipinski definition) is 5. The summed E-state index contributed by atoms with van der Waals surface area (Å²) in [6.45, 7) is 6.87. The number of nitrogens with zero attached hydrogens (tertiary/aromatic N) is 2. The first-order chi connectivity index (χ1) is 13.2. The summed E-state index contributed by atoms with van der Waals surface area (Å²) in [6.07, 6.45) is 4.31. The van der Waals surface area contributed by atoms with Gasteiger partial charge in [0.2, 0.25) is 0 Å². The summed E-state index contributed by atoms with van der Waals surface area (Å²) in [4.78, 5) is 6.62. The largest absolute Gasteiger partial charge is 0.493 e. The van der Waals surface area contributed by atoms with Gasteiger partial charge in [0, 0.05) is 30.9 Å². The number of ether oxygens (including phenoxy) is 2. The Morgan fingerprint density at radius 1 is 1.22 bits per heavy atom. The van der Waals surface area contributed by atoms with Crippen molar-refractivity contribution in [3.05, 3.63) is 52.8 Å². The molecule has 6 heteroatoms. The van der Waals surface area contributed by atoms with Gasteiger partial charge in [0.25, 0.3) is 0 Å². The number of aromatic nitrogens is 1. The Bertz CT molecular complexity index is 724. The number of hydrogen-bond donors (Lipinski definition) is 1. The van der Waals surface area contributed by atoms with Crippen LogP contribution < -0.4 is 14.8 Å². The maximum Gasteiger partial charge on any atom is 0.161 e. The SMILES string of the molecule is CCN1CCC[C@@H]1CNCc1ccc(OCc2ccc(Cl)nc2)c(OC)c1. The van der Waals surface area contributed by atoms with Gasteiger partial charge in [-0.15, -0.1) is 0 Å². The zero-order valence-corrected chi connectivity index (χ0v) is 16.8. The summed E-state index contributed by atoms with van der Waals surface area (Å²) >= 11 is 5.81. The van der Waals surface area contributed by atoms with E-state index in [4.69, 9.17) is 21.1 Å². The fourth-order valence-electron chi connectivity index (χ4n) is 3.52. The monoisotopic (exact) mass is 389 g/mol. The standard InChI is InChI=1S/C21H28ClN3O2/c1-3-25-10-4-5-18(25)14-23-12-16-6-8-19(20(11-16)26-2)27-15-17-7-9-21(22)24-13-17/h6-9,11,13,18,23H,3-5,10,12,14-15H2,1-2H3/t18-/m1/s1. The third-order valence-corrected chi connectivity index (χ3v) is 5.25. The highest BCUT2D eigenvalue weighted by Gasteiger charge is 2.22. The molecule has 1 aliphatic rings. The number of methoxy groups -OCH3 is 1.